The first-order valence-corrected chi connectivity index (χ1v) is 13.0. The smallest absolute Gasteiger partial charge is 0.0656 e. The Morgan fingerprint density at radius 3 is 2.25 bits per heavy atom. The highest BCUT2D eigenvalue weighted by Crippen LogP contribution is 2.41. The maximum Gasteiger partial charge on any atom is 0.0775 e. The van der Waals surface area contributed by atoms with E-state index in [0.29, 0.717) is 0 Å². The van der Waals surface area contributed by atoms with E-state index in [0.717, 1.165) is 5.92 Å². The molecule has 2 aromatic rings. The molecule has 24 heavy (non-hydrogen) atoms. The monoisotopic (exact) mass is 332 g/mol. The van der Waals surface area contributed by atoms with Crippen molar-refractivity contribution in [3.63, 3.8) is 0 Å². The van der Waals surface area contributed by atoms with Gasteiger partial charge >= 0.3 is 0 Å². The van der Waals surface area contributed by atoms with Gasteiger partial charge in [0.15, 0.2) is 0 Å². The Labute approximate surface area is 147 Å². The SMILES string of the molecule is C[Si](C)(C)c1ccc(-c2cccc3c2C=C(C2CCCC2)C3)cc1. The van der Waals surface area contributed by atoms with Crippen LogP contribution in [0.5, 0.6) is 0 Å². The van der Waals surface area contributed by atoms with Gasteiger partial charge in [0, 0.05) is 0 Å². The van der Waals surface area contributed by atoms with Crippen molar-refractivity contribution in [3.8, 4) is 11.1 Å². The lowest BCUT2D eigenvalue weighted by atomic mass is 9.96. The molecule has 1 fully saturated rings. The van der Waals surface area contributed by atoms with Gasteiger partial charge in [-0.2, -0.15) is 0 Å². The molecule has 0 N–H and O–H groups in total. The van der Waals surface area contributed by atoms with Crippen LogP contribution < -0.4 is 5.19 Å². The van der Waals surface area contributed by atoms with Gasteiger partial charge in [-0.3, -0.25) is 0 Å². The largest absolute Gasteiger partial charge is 0.0775 e. The van der Waals surface area contributed by atoms with Gasteiger partial charge in [0.25, 0.3) is 0 Å². The van der Waals surface area contributed by atoms with Gasteiger partial charge in [-0.15, -0.1) is 0 Å². The molecule has 0 unspecified atom stereocenters. The average Bonchev–Trinajstić information content (AvgIpc) is 3.22. The van der Waals surface area contributed by atoms with E-state index in [9.17, 15) is 0 Å². The first kappa shape index (κ1) is 15.9. The topological polar surface area (TPSA) is 0 Å². The summed E-state index contributed by atoms with van der Waals surface area (Å²) in [6, 6.07) is 16.3. The molecule has 124 valence electrons. The van der Waals surface area contributed by atoms with Crippen molar-refractivity contribution >= 4 is 19.3 Å². The average molecular weight is 333 g/mol. The second-order valence-corrected chi connectivity index (χ2v) is 13.7. The third-order valence-corrected chi connectivity index (χ3v) is 7.93. The fourth-order valence-corrected chi connectivity index (χ4v) is 5.52. The van der Waals surface area contributed by atoms with Crippen molar-refractivity contribution < 1.29 is 0 Å². The highest BCUT2D eigenvalue weighted by molar-refractivity contribution is 6.88. The number of fused-ring (bicyclic) bond motifs is 1. The van der Waals surface area contributed by atoms with Crippen molar-refractivity contribution in [3.05, 3.63) is 59.2 Å². The summed E-state index contributed by atoms with van der Waals surface area (Å²) in [4.78, 5) is 0. The molecule has 2 aliphatic carbocycles. The van der Waals surface area contributed by atoms with Gasteiger partial charge in [-0.25, -0.2) is 0 Å². The van der Waals surface area contributed by atoms with E-state index in [1.807, 2.05) is 0 Å². The summed E-state index contributed by atoms with van der Waals surface area (Å²) in [5.74, 6) is 0.847. The van der Waals surface area contributed by atoms with Crippen molar-refractivity contribution in [2.75, 3.05) is 0 Å². The fraction of sp³-hybridized carbons (Fsp3) is 0.391. The molecule has 0 saturated heterocycles. The molecule has 0 nitrogen and oxygen atoms in total. The third-order valence-electron chi connectivity index (χ3n) is 5.86. The van der Waals surface area contributed by atoms with Crippen molar-refractivity contribution in [1.29, 1.82) is 0 Å². The number of hydrogen-bond donors (Lipinski definition) is 0. The molecule has 0 aliphatic heterocycles. The van der Waals surface area contributed by atoms with Crippen molar-refractivity contribution in [1.82, 2.24) is 0 Å². The van der Waals surface area contributed by atoms with E-state index >= 15 is 0 Å². The summed E-state index contributed by atoms with van der Waals surface area (Å²) >= 11 is 0. The number of rotatable bonds is 3. The Hall–Kier alpha value is -1.60. The summed E-state index contributed by atoms with van der Waals surface area (Å²) in [6.07, 6.45) is 9.35. The van der Waals surface area contributed by atoms with Crippen LogP contribution in [-0.2, 0) is 6.42 Å². The van der Waals surface area contributed by atoms with Gasteiger partial charge in [0.2, 0.25) is 0 Å². The molecule has 1 heteroatoms. The summed E-state index contributed by atoms with van der Waals surface area (Å²) in [6.45, 7) is 7.25. The third kappa shape index (κ3) is 2.91. The van der Waals surface area contributed by atoms with Crippen molar-refractivity contribution in [2.24, 2.45) is 5.92 Å². The van der Waals surface area contributed by atoms with Crippen LogP contribution >= 0.6 is 0 Å². The van der Waals surface area contributed by atoms with Crippen LogP contribution in [0.1, 0.15) is 36.8 Å². The Kier molecular flexibility index (Phi) is 4.00. The molecule has 0 amide bonds. The first-order valence-electron chi connectivity index (χ1n) is 9.46. The molecule has 0 atom stereocenters. The van der Waals surface area contributed by atoms with Crippen LogP contribution in [0.25, 0.3) is 17.2 Å². The zero-order valence-electron chi connectivity index (χ0n) is 15.2. The van der Waals surface area contributed by atoms with Crippen LogP contribution in [0.3, 0.4) is 0 Å². The van der Waals surface area contributed by atoms with Gasteiger partial charge in [-0.05, 0) is 47.4 Å². The van der Waals surface area contributed by atoms with Gasteiger partial charge in [-0.1, -0.05) is 91.8 Å². The van der Waals surface area contributed by atoms with Gasteiger partial charge < -0.3 is 0 Å². The van der Waals surface area contributed by atoms with E-state index in [2.05, 4.69) is 68.2 Å². The molecule has 2 aliphatic rings. The Morgan fingerprint density at radius 1 is 0.875 bits per heavy atom. The van der Waals surface area contributed by atoms with Gasteiger partial charge in [0.05, 0.1) is 8.07 Å². The summed E-state index contributed by atoms with van der Waals surface area (Å²) < 4.78 is 0. The van der Waals surface area contributed by atoms with Crippen LogP contribution in [0.2, 0.25) is 19.6 Å². The minimum atomic E-state index is -1.22. The number of allylic oxidation sites excluding steroid dienone is 1. The minimum absolute atomic E-state index is 0.847. The van der Waals surface area contributed by atoms with E-state index < -0.39 is 8.07 Å². The standard InChI is InChI=1S/C23H28Si/c1-24(2,3)21-13-11-18(12-14-21)22-10-6-9-19-15-20(16-23(19)22)17-7-4-5-8-17/h6,9-14,16-17H,4-5,7-8,15H2,1-3H3. The summed E-state index contributed by atoms with van der Waals surface area (Å²) in [7, 11) is -1.22. The highest BCUT2D eigenvalue weighted by atomic mass is 28.3. The number of hydrogen-bond acceptors (Lipinski definition) is 0. The highest BCUT2D eigenvalue weighted by Gasteiger charge is 2.25. The molecule has 0 radical (unpaired) electrons. The molecule has 0 aromatic heterocycles. The minimum Gasteiger partial charge on any atom is -0.0656 e. The van der Waals surface area contributed by atoms with Crippen LogP contribution in [-0.4, -0.2) is 8.07 Å². The molecule has 0 spiro atoms. The second kappa shape index (κ2) is 6.04. The molecule has 0 bridgehead atoms. The van der Waals surface area contributed by atoms with Crippen molar-refractivity contribution in [2.45, 2.75) is 51.7 Å². The van der Waals surface area contributed by atoms with E-state index in [-0.39, 0.29) is 0 Å². The maximum atomic E-state index is 2.52. The zero-order chi connectivity index (χ0) is 16.7. The molecule has 2 aromatic carbocycles. The quantitative estimate of drug-likeness (QED) is 0.602. The predicted molar refractivity (Wildman–Crippen MR) is 108 cm³/mol. The van der Waals surface area contributed by atoms with E-state index in [1.54, 1.807) is 10.8 Å². The van der Waals surface area contributed by atoms with Crippen LogP contribution in [0, 0.1) is 5.92 Å². The first-order chi connectivity index (χ1) is 11.5. The molecule has 0 heterocycles. The maximum absolute atomic E-state index is 2.52. The Morgan fingerprint density at radius 2 is 1.58 bits per heavy atom. The van der Waals surface area contributed by atoms with E-state index in [4.69, 9.17) is 0 Å². The Bertz CT molecular complexity index is 769. The van der Waals surface area contributed by atoms with Gasteiger partial charge in [0.1, 0.15) is 0 Å². The molecule has 4 rings (SSSR count). The fourth-order valence-electron chi connectivity index (χ4n) is 4.35. The van der Waals surface area contributed by atoms with Crippen LogP contribution in [0.15, 0.2) is 48.0 Å². The second-order valence-electron chi connectivity index (χ2n) is 8.58. The normalized spacial score (nSPS) is 17.9. The summed E-state index contributed by atoms with van der Waals surface area (Å²) in [5.41, 5.74) is 7.50. The summed E-state index contributed by atoms with van der Waals surface area (Å²) in [5, 5.41) is 1.54. The predicted octanol–water partition coefficient (Wildman–Crippen LogP) is 6.03. The zero-order valence-corrected chi connectivity index (χ0v) is 16.2. The molecular weight excluding hydrogens is 304 g/mol. The van der Waals surface area contributed by atoms with E-state index in [1.165, 1.54) is 54.4 Å². The van der Waals surface area contributed by atoms with Crippen LogP contribution in [0.4, 0.5) is 0 Å². The lowest BCUT2D eigenvalue weighted by Gasteiger charge is -2.17. The Balaban J connectivity index is 1.69. The lowest BCUT2D eigenvalue weighted by Crippen LogP contribution is -2.37. The number of benzene rings is 2. The molecular formula is C23H28Si. The lowest BCUT2D eigenvalue weighted by molar-refractivity contribution is 0.634. The molecule has 1 saturated carbocycles.